The summed E-state index contributed by atoms with van der Waals surface area (Å²) in [6.45, 7) is 4.30. The summed E-state index contributed by atoms with van der Waals surface area (Å²) in [6.07, 6.45) is 1.66. The van der Waals surface area contributed by atoms with Gasteiger partial charge < -0.3 is 15.0 Å². The number of hydrogen-bond donors (Lipinski definition) is 1. The van der Waals surface area contributed by atoms with Crippen LogP contribution in [0.5, 0.6) is 11.5 Å². The summed E-state index contributed by atoms with van der Waals surface area (Å²) < 4.78 is 5.90. The van der Waals surface area contributed by atoms with Crippen molar-refractivity contribution < 1.29 is 9.53 Å². The van der Waals surface area contributed by atoms with Crippen molar-refractivity contribution in [3.8, 4) is 11.5 Å². The maximum absolute atomic E-state index is 11.8. The molecule has 0 saturated carbocycles. The monoisotopic (exact) mass is 296 g/mol. The molecule has 0 aliphatic rings. The molecule has 2 rings (SSSR count). The first kappa shape index (κ1) is 15.6. The van der Waals surface area contributed by atoms with Crippen LogP contribution in [0.3, 0.4) is 0 Å². The third-order valence-corrected chi connectivity index (χ3v) is 3.07. The van der Waals surface area contributed by atoms with Crippen molar-refractivity contribution in [1.29, 1.82) is 0 Å². The van der Waals surface area contributed by atoms with Crippen LogP contribution in [-0.2, 0) is 4.79 Å². The fraction of sp³-hybridized carbons (Fsp3) is 0.167. The average Bonchev–Trinajstić information content (AvgIpc) is 2.54. The molecule has 2 aromatic carbocycles. The van der Waals surface area contributed by atoms with E-state index in [1.165, 1.54) is 0 Å². The SMILES string of the molecule is C=CCNC(=O)CN(C)c1ccccc1Oc1ccccc1. The number of amides is 1. The Morgan fingerprint density at radius 3 is 2.59 bits per heavy atom. The molecule has 0 aliphatic heterocycles. The van der Waals surface area contributed by atoms with Crippen molar-refractivity contribution in [3.05, 3.63) is 67.3 Å². The number of ether oxygens (including phenoxy) is 1. The fourth-order valence-corrected chi connectivity index (χ4v) is 2.02. The fourth-order valence-electron chi connectivity index (χ4n) is 2.02. The second-order valence-corrected chi connectivity index (χ2v) is 4.83. The van der Waals surface area contributed by atoms with E-state index >= 15 is 0 Å². The summed E-state index contributed by atoms with van der Waals surface area (Å²) in [5, 5.41) is 2.76. The Kier molecular flexibility index (Phi) is 5.60. The molecule has 2 aromatic rings. The van der Waals surface area contributed by atoms with Crippen LogP contribution in [0.1, 0.15) is 0 Å². The minimum absolute atomic E-state index is 0.0584. The highest BCUT2D eigenvalue weighted by Gasteiger charge is 2.12. The average molecular weight is 296 g/mol. The van der Waals surface area contributed by atoms with Crippen LogP contribution in [0.15, 0.2) is 67.3 Å². The zero-order chi connectivity index (χ0) is 15.8. The summed E-state index contributed by atoms with van der Waals surface area (Å²) >= 11 is 0. The molecular weight excluding hydrogens is 276 g/mol. The minimum atomic E-state index is -0.0584. The predicted octanol–water partition coefficient (Wildman–Crippen LogP) is 3.22. The van der Waals surface area contributed by atoms with Gasteiger partial charge in [0.05, 0.1) is 12.2 Å². The Balaban J connectivity index is 2.10. The highest BCUT2D eigenvalue weighted by molar-refractivity contribution is 5.82. The zero-order valence-electron chi connectivity index (χ0n) is 12.7. The highest BCUT2D eigenvalue weighted by Crippen LogP contribution is 2.31. The lowest BCUT2D eigenvalue weighted by Gasteiger charge is -2.21. The Hall–Kier alpha value is -2.75. The summed E-state index contributed by atoms with van der Waals surface area (Å²) in [5.41, 5.74) is 0.861. The third-order valence-electron chi connectivity index (χ3n) is 3.07. The molecule has 0 heterocycles. The molecule has 0 bridgehead atoms. The molecule has 0 spiro atoms. The van der Waals surface area contributed by atoms with E-state index < -0.39 is 0 Å². The number of rotatable bonds is 7. The number of carbonyl (C=O) groups is 1. The molecule has 0 aliphatic carbocycles. The zero-order valence-corrected chi connectivity index (χ0v) is 12.7. The van der Waals surface area contributed by atoms with Gasteiger partial charge in [-0.2, -0.15) is 0 Å². The second-order valence-electron chi connectivity index (χ2n) is 4.83. The molecular formula is C18H20N2O2. The first-order valence-corrected chi connectivity index (χ1v) is 7.11. The van der Waals surface area contributed by atoms with Crippen LogP contribution < -0.4 is 15.0 Å². The number of likely N-dealkylation sites (N-methyl/N-ethyl adjacent to an activating group) is 1. The minimum Gasteiger partial charge on any atom is -0.455 e. The number of hydrogen-bond acceptors (Lipinski definition) is 3. The number of nitrogens with one attached hydrogen (secondary N) is 1. The maximum atomic E-state index is 11.8. The molecule has 114 valence electrons. The summed E-state index contributed by atoms with van der Waals surface area (Å²) in [6, 6.07) is 17.2. The van der Waals surface area contributed by atoms with Crippen LogP contribution in [0, 0.1) is 0 Å². The van der Waals surface area contributed by atoms with Gasteiger partial charge in [0.25, 0.3) is 0 Å². The van der Waals surface area contributed by atoms with Gasteiger partial charge in [0.2, 0.25) is 5.91 Å². The molecule has 0 fully saturated rings. The van der Waals surface area contributed by atoms with Crippen molar-refractivity contribution in [2.24, 2.45) is 0 Å². The van der Waals surface area contributed by atoms with Gasteiger partial charge in [-0.25, -0.2) is 0 Å². The molecule has 4 heteroatoms. The van der Waals surface area contributed by atoms with Gasteiger partial charge >= 0.3 is 0 Å². The molecule has 4 nitrogen and oxygen atoms in total. The van der Waals surface area contributed by atoms with Crippen molar-refractivity contribution >= 4 is 11.6 Å². The van der Waals surface area contributed by atoms with Crippen molar-refractivity contribution in [3.63, 3.8) is 0 Å². The van der Waals surface area contributed by atoms with Crippen LogP contribution >= 0.6 is 0 Å². The normalized spacial score (nSPS) is 9.86. The van der Waals surface area contributed by atoms with Gasteiger partial charge in [0.1, 0.15) is 5.75 Å². The standard InChI is InChI=1S/C18H20N2O2/c1-3-13-19-18(21)14-20(2)16-11-7-8-12-17(16)22-15-9-5-4-6-10-15/h3-12H,1,13-14H2,2H3,(H,19,21). The first-order chi connectivity index (χ1) is 10.7. The van der Waals surface area contributed by atoms with Gasteiger partial charge in [0, 0.05) is 13.6 Å². The van der Waals surface area contributed by atoms with E-state index in [0.717, 1.165) is 11.4 Å². The topological polar surface area (TPSA) is 41.6 Å². The van der Waals surface area contributed by atoms with Crippen LogP contribution in [-0.4, -0.2) is 26.0 Å². The molecule has 1 amide bonds. The van der Waals surface area contributed by atoms with Crippen LogP contribution in [0.4, 0.5) is 5.69 Å². The number of carbonyl (C=O) groups excluding carboxylic acids is 1. The summed E-state index contributed by atoms with van der Waals surface area (Å²) in [4.78, 5) is 13.7. The predicted molar refractivity (Wildman–Crippen MR) is 89.4 cm³/mol. The van der Waals surface area contributed by atoms with Crippen LogP contribution in [0.25, 0.3) is 0 Å². The van der Waals surface area contributed by atoms with Gasteiger partial charge in [0.15, 0.2) is 5.75 Å². The van der Waals surface area contributed by atoms with E-state index in [2.05, 4.69) is 11.9 Å². The smallest absolute Gasteiger partial charge is 0.239 e. The van der Waals surface area contributed by atoms with Crippen molar-refractivity contribution in [2.75, 3.05) is 25.0 Å². The Bertz CT molecular complexity index is 626. The van der Waals surface area contributed by atoms with E-state index in [4.69, 9.17) is 4.74 Å². The molecule has 0 saturated heterocycles. The summed E-state index contributed by atoms with van der Waals surface area (Å²) in [5.74, 6) is 1.42. The van der Waals surface area contributed by atoms with Gasteiger partial charge in [-0.1, -0.05) is 36.4 Å². The molecule has 0 radical (unpaired) electrons. The quantitative estimate of drug-likeness (QED) is 0.798. The largest absolute Gasteiger partial charge is 0.455 e. The number of nitrogens with zero attached hydrogens (tertiary/aromatic N) is 1. The van der Waals surface area contributed by atoms with E-state index in [1.807, 2.05) is 66.5 Å². The lowest BCUT2D eigenvalue weighted by molar-refractivity contribution is -0.119. The van der Waals surface area contributed by atoms with Crippen molar-refractivity contribution in [1.82, 2.24) is 5.32 Å². The van der Waals surface area contributed by atoms with Crippen LogP contribution in [0.2, 0.25) is 0 Å². The van der Waals surface area contributed by atoms with E-state index in [-0.39, 0.29) is 12.5 Å². The molecule has 1 N–H and O–H groups in total. The van der Waals surface area contributed by atoms with Gasteiger partial charge in [-0.3, -0.25) is 4.79 Å². The number of anilines is 1. The van der Waals surface area contributed by atoms with Gasteiger partial charge in [-0.05, 0) is 24.3 Å². The second kappa shape index (κ2) is 7.88. The van der Waals surface area contributed by atoms with Gasteiger partial charge in [-0.15, -0.1) is 6.58 Å². The number of para-hydroxylation sites is 3. The number of benzene rings is 2. The van der Waals surface area contributed by atoms with Crippen molar-refractivity contribution in [2.45, 2.75) is 0 Å². The lowest BCUT2D eigenvalue weighted by Crippen LogP contribution is -2.35. The molecule has 0 unspecified atom stereocenters. The molecule has 0 aromatic heterocycles. The Morgan fingerprint density at radius 2 is 1.86 bits per heavy atom. The first-order valence-electron chi connectivity index (χ1n) is 7.11. The molecule has 0 atom stereocenters. The van der Waals surface area contributed by atoms with E-state index in [0.29, 0.717) is 12.3 Å². The lowest BCUT2D eigenvalue weighted by atomic mass is 10.2. The molecule has 22 heavy (non-hydrogen) atoms. The Labute approximate surface area is 131 Å². The van der Waals surface area contributed by atoms with E-state index in [1.54, 1.807) is 6.08 Å². The third kappa shape index (κ3) is 4.38. The Morgan fingerprint density at radius 1 is 1.18 bits per heavy atom. The maximum Gasteiger partial charge on any atom is 0.239 e. The van der Waals surface area contributed by atoms with E-state index in [9.17, 15) is 4.79 Å². The highest BCUT2D eigenvalue weighted by atomic mass is 16.5. The summed E-state index contributed by atoms with van der Waals surface area (Å²) in [7, 11) is 1.86.